The summed E-state index contributed by atoms with van der Waals surface area (Å²) in [7, 11) is 0. The Morgan fingerprint density at radius 2 is 2.00 bits per heavy atom. The van der Waals surface area contributed by atoms with E-state index in [-0.39, 0.29) is 34.1 Å². The molecule has 2 aromatic carbocycles. The van der Waals surface area contributed by atoms with E-state index in [0.29, 0.717) is 41.5 Å². The van der Waals surface area contributed by atoms with Crippen LogP contribution in [0.2, 0.25) is 0 Å². The first-order valence-electron chi connectivity index (χ1n) is 14.1. The van der Waals surface area contributed by atoms with Crippen molar-refractivity contribution in [1.82, 2.24) is 4.98 Å². The zero-order valence-electron chi connectivity index (χ0n) is 24.3. The van der Waals surface area contributed by atoms with Gasteiger partial charge in [0.1, 0.15) is 28.2 Å². The van der Waals surface area contributed by atoms with Crippen molar-refractivity contribution in [1.29, 1.82) is 0 Å². The van der Waals surface area contributed by atoms with Gasteiger partial charge in [-0.05, 0) is 74.6 Å². The van der Waals surface area contributed by atoms with E-state index < -0.39 is 23.7 Å². The number of amides is 1. The van der Waals surface area contributed by atoms with Crippen molar-refractivity contribution in [2.45, 2.75) is 59.6 Å². The van der Waals surface area contributed by atoms with Gasteiger partial charge < -0.3 is 19.3 Å². The van der Waals surface area contributed by atoms with Crippen LogP contribution in [-0.4, -0.2) is 47.1 Å². The first-order valence-corrected chi connectivity index (χ1v) is 14.9. The Morgan fingerprint density at radius 1 is 1.21 bits per heavy atom. The van der Waals surface area contributed by atoms with Crippen molar-refractivity contribution in [3.63, 3.8) is 0 Å². The molecule has 3 aromatic rings. The molecule has 1 fully saturated rings. The van der Waals surface area contributed by atoms with Gasteiger partial charge in [-0.25, -0.2) is 9.78 Å². The molecule has 1 aromatic heterocycles. The van der Waals surface area contributed by atoms with Crippen LogP contribution < -0.4 is 14.4 Å². The van der Waals surface area contributed by atoms with E-state index >= 15 is 0 Å². The predicted octanol–water partition coefficient (Wildman–Crippen LogP) is 6.00. The Kier molecular flexibility index (Phi) is 8.36. The minimum Gasteiger partial charge on any atom is -0.507 e. The van der Waals surface area contributed by atoms with E-state index in [9.17, 15) is 19.5 Å². The Bertz CT molecular complexity index is 1570. The number of hydrogen-bond donors (Lipinski definition) is 1. The number of thiazole rings is 1. The van der Waals surface area contributed by atoms with Gasteiger partial charge >= 0.3 is 11.9 Å². The average Bonchev–Trinajstić information content (AvgIpc) is 3.60. The van der Waals surface area contributed by atoms with Crippen molar-refractivity contribution >= 4 is 39.9 Å². The second kappa shape index (κ2) is 12.0. The van der Waals surface area contributed by atoms with Gasteiger partial charge in [0.25, 0.3) is 5.78 Å². The number of aliphatic hydroxyl groups excluding tert-OH is 1. The molecule has 10 heteroatoms. The number of benzene rings is 2. The standard InChI is InChI=1S/C32H34N2O7S/c1-6-39-31(38)29-19(5)33-32(42-29)34-26(20-8-7-9-23(16-20)40-13-12-17(2)3)25(28(36)30(34)37)27(35)21-10-11-24-22(15-21)14-18(4)41-24/h7-11,15-18,26,35H,6,12-14H2,1-5H3/t18-,26-/m0/s1. The van der Waals surface area contributed by atoms with E-state index in [1.54, 1.807) is 50.2 Å². The predicted molar refractivity (Wildman–Crippen MR) is 159 cm³/mol. The quantitative estimate of drug-likeness (QED) is 0.140. The molecule has 5 rings (SSSR count). The van der Waals surface area contributed by atoms with Crippen LogP contribution in [0.1, 0.15) is 72.2 Å². The first kappa shape index (κ1) is 29.3. The SMILES string of the molecule is CCOC(=O)c1sc(N2C(=O)C(=O)C(=C(O)c3ccc4c(c3)C[C@H](C)O4)[C@@H]2c2cccc(OCCC(C)C)c2)nc1C. The number of Topliss-reactive ketones (excluding diaryl/α,β-unsaturated/α-hetero) is 1. The summed E-state index contributed by atoms with van der Waals surface area (Å²) in [4.78, 5) is 45.8. The molecule has 0 saturated carbocycles. The minimum absolute atomic E-state index is 0.00292. The third-order valence-corrected chi connectivity index (χ3v) is 8.34. The molecule has 2 atom stereocenters. The maximum Gasteiger partial charge on any atom is 0.350 e. The molecule has 2 aliphatic rings. The highest BCUT2D eigenvalue weighted by molar-refractivity contribution is 7.17. The summed E-state index contributed by atoms with van der Waals surface area (Å²) >= 11 is 0.972. The van der Waals surface area contributed by atoms with Crippen LogP contribution in [0.5, 0.6) is 11.5 Å². The highest BCUT2D eigenvalue weighted by Gasteiger charge is 2.48. The van der Waals surface area contributed by atoms with E-state index in [4.69, 9.17) is 14.2 Å². The molecule has 0 unspecified atom stereocenters. The van der Waals surface area contributed by atoms with Crippen LogP contribution >= 0.6 is 11.3 Å². The lowest BCUT2D eigenvalue weighted by molar-refractivity contribution is -0.132. The van der Waals surface area contributed by atoms with Crippen molar-refractivity contribution in [3.8, 4) is 11.5 Å². The van der Waals surface area contributed by atoms with Crippen molar-refractivity contribution in [2.24, 2.45) is 5.92 Å². The van der Waals surface area contributed by atoms with E-state index in [0.717, 1.165) is 29.1 Å². The molecule has 0 aliphatic carbocycles. The largest absolute Gasteiger partial charge is 0.507 e. The molecule has 3 heterocycles. The summed E-state index contributed by atoms with van der Waals surface area (Å²) in [5, 5.41) is 11.8. The average molecular weight is 591 g/mol. The van der Waals surface area contributed by atoms with Gasteiger partial charge in [-0.1, -0.05) is 37.3 Å². The monoisotopic (exact) mass is 590 g/mol. The number of ketones is 1. The van der Waals surface area contributed by atoms with Crippen LogP contribution in [0.15, 0.2) is 48.0 Å². The summed E-state index contributed by atoms with van der Waals surface area (Å²) in [6.07, 6.45) is 1.53. The summed E-state index contributed by atoms with van der Waals surface area (Å²) < 4.78 is 16.9. The number of anilines is 1. The molecule has 0 radical (unpaired) electrons. The summed E-state index contributed by atoms with van der Waals surface area (Å²) in [5.74, 6) is -0.788. The fraction of sp³-hybridized carbons (Fsp3) is 0.375. The van der Waals surface area contributed by atoms with Crippen LogP contribution in [0.3, 0.4) is 0 Å². The lowest BCUT2D eigenvalue weighted by atomic mass is 9.94. The van der Waals surface area contributed by atoms with Crippen molar-refractivity contribution in [2.75, 3.05) is 18.1 Å². The number of esters is 1. The lowest BCUT2D eigenvalue weighted by Crippen LogP contribution is -2.29. The topological polar surface area (TPSA) is 115 Å². The zero-order valence-corrected chi connectivity index (χ0v) is 25.1. The molecule has 42 heavy (non-hydrogen) atoms. The van der Waals surface area contributed by atoms with Gasteiger partial charge in [0.2, 0.25) is 0 Å². The number of nitrogens with zero attached hydrogens (tertiary/aromatic N) is 2. The Balaban J connectivity index is 1.63. The first-order chi connectivity index (χ1) is 20.1. The minimum atomic E-state index is -1.01. The van der Waals surface area contributed by atoms with Gasteiger partial charge in [0, 0.05) is 12.0 Å². The van der Waals surface area contributed by atoms with Gasteiger partial charge in [-0.3, -0.25) is 14.5 Å². The van der Waals surface area contributed by atoms with Crippen LogP contribution in [0.25, 0.3) is 5.76 Å². The Morgan fingerprint density at radius 3 is 2.74 bits per heavy atom. The normalized spacial score (nSPS) is 19.2. The Labute approximate surface area is 248 Å². The summed E-state index contributed by atoms with van der Waals surface area (Å²) in [5.41, 5.74) is 2.18. The van der Waals surface area contributed by atoms with Crippen LogP contribution in [-0.2, 0) is 20.7 Å². The maximum absolute atomic E-state index is 13.7. The number of carbonyl (C=O) groups excluding carboxylic acids is 3. The number of aryl methyl sites for hydroxylation is 1. The number of aromatic nitrogens is 1. The number of aliphatic hydroxyl groups is 1. The molecule has 0 bridgehead atoms. The van der Waals surface area contributed by atoms with E-state index in [1.807, 2.05) is 13.0 Å². The van der Waals surface area contributed by atoms with Gasteiger partial charge in [0.15, 0.2) is 5.13 Å². The van der Waals surface area contributed by atoms with Gasteiger partial charge in [-0.2, -0.15) is 0 Å². The van der Waals surface area contributed by atoms with Crippen LogP contribution in [0.4, 0.5) is 5.13 Å². The maximum atomic E-state index is 13.7. The Hall–Kier alpha value is -4.18. The van der Waals surface area contributed by atoms with Gasteiger partial charge in [-0.15, -0.1) is 0 Å². The van der Waals surface area contributed by atoms with Crippen molar-refractivity contribution < 1.29 is 33.7 Å². The smallest absolute Gasteiger partial charge is 0.350 e. The molecule has 1 saturated heterocycles. The van der Waals surface area contributed by atoms with Crippen LogP contribution in [0, 0.1) is 12.8 Å². The third kappa shape index (κ3) is 5.63. The molecular weight excluding hydrogens is 556 g/mol. The second-order valence-electron chi connectivity index (χ2n) is 10.9. The molecule has 220 valence electrons. The molecule has 9 nitrogen and oxygen atoms in total. The van der Waals surface area contributed by atoms with E-state index in [1.165, 1.54) is 4.90 Å². The molecular formula is C32H34N2O7S. The molecule has 0 spiro atoms. The highest BCUT2D eigenvalue weighted by Crippen LogP contribution is 2.45. The summed E-state index contributed by atoms with van der Waals surface area (Å²) in [6, 6.07) is 11.3. The highest BCUT2D eigenvalue weighted by atomic mass is 32.1. The molecule has 1 N–H and O–H groups in total. The number of rotatable bonds is 9. The third-order valence-electron chi connectivity index (χ3n) is 7.20. The zero-order chi connectivity index (χ0) is 30.1. The second-order valence-corrected chi connectivity index (χ2v) is 11.8. The molecule has 2 aliphatic heterocycles. The summed E-state index contributed by atoms with van der Waals surface area (Å²) in [6.45, 7) is 10.2. The number of carbonyl (C=O) groups is 3. The van der Waals surface area contributed by atoms with Crippen molar-refractivity contribution in [3.05, 3.63) is 75.3 Å². The number of hydrogen-bond acceptors (Lipinski definition) is 9. The van der Waals surface area contributed by atoms with E-state index in [2.05, 4.69) is 18.8 Å². The lowest BCUT2D eigenvalue weighted by Gasteiger charge is -2.23. The molecule has 1 amide bonds. The fourth-order valence-corrected chi connectivity index (χ4v) is 6.12. The fourth-order valence-electron chi connectivity index (χ4n) is 5.13. The number of fused-ring (bicyclic) bond motifs is 1. The number of ether oxygens (including phenoxy) is 3. The van der Waals surface area contributed by atoms with Gasteiger partial charge in [0.05, 0.1) is 30.5 Å².